The van der Waals surface area contributed by atoms with Gasteiger partial charge in [0.1, 0.15) is 10.0 Å². The Bertz CT molecular complexity index is 1890. The summed E-state index contributed by atoms with van der Waals surface area (Å²) in [5, 5.41) is 6.40. The van der Waals surface area contributed by atoms with Gasteiger partial charge >= 0.3 is 6.03 Å². The first-order valence-corrected chi connectivity index (χ1v) is 14.0. The molecule has 9 nitrogen and oxygen atoms in total. The molecule has 2 aromatic carbocycles. The summed E-state index contributed by atoms with van der Waals surface area (Å²) < 4.78 is 43.2. The smallest absolute Gasteiger partial charge is 0.333 e. The topological polar surface area (TPSA) is 122 Å². The number of halogens is 2. The summed E-state index contributed by atoms with van der Waals surface area (Å²) in [6.07, 6.45) is 4.80. The highest BCUT2D eigenvalue weighted by Crippen LogP contribution is 2.30. The largest absolute Gasteiger partial charge is 0.388 e. The van der Waals surface area contributed by atoms with E-state index in [1.54, 1.807) is 49.9 Å². The lowest BCUT2D eigenvalue weighted by molar-refractivity contribution is 0.256. The standard InChI is InChI=1S/C26H19ClFN5O4S2/c1-29-16-2-4-18-19(12-16)20(15-8-10-30-11-9-15)14-33(25(18)34)22-5-3-17(13-21(22)28)31-26(35)32-39(36,37)24-7-6-23(27)38-24/h2-14,29H,1H3,(H2,31,32,35). The third kappa shape index (κ3) is 5.35. The van der Waals surface area contributed by atoms with Crippen LogP contribution in [-0.2, 0) is 10.0 Å². The summed E-state index contributed by atoms with van der Waals surface area (Å²) in [7, 11) is -2.39. The van der Waals surface area contributed by atoms with Crippen LogP contribution in [-0.4, -0.2) is 31.0 Å². The minimum Gasteiger partial charge on any atom is -0.388 e. The molecule has 0 saturated heterocycles. The van der Waals surface area contributed by atoms with Crippen molar-refractivity contribution in [3.8, 4) is 16.8 Å². The Kier molecular flexibility index (Phi) is 7.08. The Morgan fingerprint density at radius 2 is 1.74 bits per heavy atom. The van der Waals surface area contributed by atoms with E-state index in [2.05, 4.69) is 15.6 Å². The monoisotopic (exact) mass is 583 g/mol. The van der Waals surface area contributed by atoms with Gasteiger partial charge in [-0.3, -0.25) is 14.3 Å². The number of thiophene rings is 1. The van der Waals surface area contributed by atoms with Gasteiger partial charge in [-0.25, -0.2) is 22.3 Å². The number of carbonyl (C=O) groups excluding carboxylic acids is 1. The number of aromatic nitrogens is 2. The molecule has 2 amide bonds. The molecule has 0 aliphatic heterocycles. The summed E-state index contributed by atoms with van der Waals surface area (Å²) in [6.45, 7) is 0. The Morgan fingerprint density at radius 1 is 1.00 bits per heavy atom. The molecular formula is C26H19ClFN5O4S2. The van der Waals surface area contributed by atoms with Gasteiger partial charge in [0.2, 0.25) is 0 Å². The van der Waals surface area contributed by atoms with Gasteiger partial charge in [0.05, 0.1) is 10.0 Å². The van der Waals surface area contributed by atoms with Crippen LogP contribution in [0.25, 0.3) is 27.6 Å². The van der Waals surface area contributed by atoms with Crippen molar-refractivity contribution in [3.05, 3.63) is 99.8 Å². The lowest BCUT2D eigenvalue weighted by atomic mass is 10.0. The van der Waals surface area contributed by atoms with E-state index in [0.717, 1.165) is 28.7 Å². The van der Waals surface area contributed by atoms with Crippen LogP contribution in [0.4, 0.5) is 20.6 Å². The number of sulfonamides is 1. The predicted molar refractivity (Wildman–Crippen MR) is 151 cm³/mol. The molecule has 0 atom stereocenters. The molecule has 198 valence electrons. The zero-order valence-electron chi connectivity index (χ0n) is 20.1. The lowest BCUT2D eigenvalue weighted by Crippen LogP contribution is -2.34. The van der Waals surface area contributed by atoms with E-state index in [4.69, 9.17) is 11.6 Å². The van der Waals surface area contributed by atoms with Crippen LogP contribution in [0.1, 0.15) is 0 Å². The first kappa shape index (κ1) is 26.4. The van der Waals surface area contributed by atoms with Crippen molar-refractivity contribution >= 4 is 61.1 Å². The van der Waals surface area contributed by atoms with E-state index in [0.29, 0.717) is 16.3 Å². The molecular weight excluding hydrogens is 565 g/mol. The zero-order chi connectivity index (χ0) is 27.7. The highest BCUT2D eigenvalue weighted by molar-refractivity contribution is 7.92. The summed E-state index contributed by atoms with van der Waals surface area (Å²) in [5.41, 5.74) is 1.75. The minimum absolute atomic E-state index is 0.0185. The van der Waals surface area contributed by atoms with E-state index in [-0.39, 0.29) is 19.9 Å². The van der Waals surface area contributed by atoms with Crippen molar-refractivity contribution in [2.45, 2.75) is 4.21 Å². The molecule has 0 saturated carbocycles. The number of nitrogens with zero attached hydrogens (tertiary/aromatic N) is 2. The number of carbonyl (C=O) groups is 1. The molecule has 13 heteroatoms. The second-order valence-corrected chi connectivity index (χ2v) is 11.9. The minimum atomic E-state index is -4.16. The molecule has 0 radical (unpaired) electrons. The van der Waals surface area contributed by atoms with E-state index < -0.39 is 27.4 Å². The van der Waals surface area contributed by atoms with Crippen LogP contribution in [0.3, 0.4) is 0 Å². The van der Waals surface area contributed by atoms with Gasteiger partial charge in [0, 0.05) is 48.0 Å². The van der Waals surface area contributed by atoms with Gasteiger partial charge in [0.25, 0.3) is 15.6 Å². The lowest BCUT2D eigenvalue weighted by Gasteiger charge is -2.15. The summed E-state index contributed by atoms with van der Waals surface area (Å²) in [6, 6.07) is 14.1. The quantitative estimate of drug-likeness (QED) is 0.244. The number of fused-ring (bicyclic) bond motifs is 1. The summed E-state index contributed by atoms with van der Waals surface area (Å²) in [5.74, 6) is -0.810. The fourth-order valence-corrected chi connectivity index (χ4v) is 6.38. The number of anilines is 2. The second-order valence-electron chi connectivity index (χ2n) is 8.25. The van der Waals surface area contributed by atoms with Crippen LogP contribution in [0.2, 0.25) is 4.34 Å². The maximum atomic E-state index is 15.3. The molecule has 5 rings (SSSR count). The van der Waals surface area contributed by atoms with Crippen molar-refractivity contribution in [1.82, 2.24) is 14.3 Å². The van der Waals surface area contributed by atoms with Crippen LogP contribution in [0.5, 0.6) is 0 Å². The SMILES string of the molecule is CNc1ccc2c(=O)n(-c3ccc(NC(=O)NS(=O)(=O)c4ccc(Cl)s4)cc3F)cc(-c3ccncc3)c2c1. The number of amides is 2. The maximum Gasteiger partial charge on any atom is 0.333 e. The Hall–Kier alpha value is -4.26. The highest BCUT2D eigenvalue weighted by Gasteiger charge is 2.21. The first-order valence-electron chi connectivity index (χ1n) is 11.3. The van der Waals surface area contributed by atoms with Gasteiger partial charge in [-0.05, 0) is 71.6 Å². The second kappa shape index (κ2) is 10.5. The van der Waals surface area contributed by atoms with E-state index >= 15 is 4.39 Å². The van der Waals surface area contributed by atoms with Crippen molar-refractivity contribution in [2.24, 2.45) is 0 Å². The third-order valence-electron chi connectivity index (χ3n) is 5.80. The molecule has 3 heterocycles. The van der Waals surface area contributed by atoms with Gasteiger partial charge in [-0.15, -0.1) is 11.3 Å². The molecule has 0 unspecified atom stereocenters. The summed E-state index contributed by atoms with van der Waals surface area (Å²) >= 11 is 6.56. The number of urea groups is 1. The van der Waals surface area contributed by atoms with Crippen molar-refractivity contribution in [2.75, 3.05) is 17.7 Å². The number of hydrogen-bond donors (Lipinski definition) is 3. The molecule has 0 aliphatic rings. The van der Waals surface area contributed by atoms with Crippen molar-refractivity contribution in [1.29, 1.82) is 0 Å². The maximum absolute atomic E-state index is 15.3. The Labute approximate surface area is 231 Å². The molecule has 0 fully saturated rings. The van der Waals surface area contributed by atoms with Crippen LogP contribution >= 0.6 is 22.9 Å². The van der Waals surface area contributed by atoms with E-state index in [1.165, 1.54) is 28.8 Å². The van der Waals surface area contributed by atoms with Gasteiger partial charge in [0.15, 0.2) is 0 Å². The van der Waals surface area contributed by atoms with E-state index in [1.807, 2.05) is 10.8 Å². The van der Waals surface area contributed by atoms with Gasteiger partial charge in [-0.1, -0.05) is 11.6 Å². The molecule has 0 bridgehead atoms. The van der Waals surface area contributed by atoms with E-state index in [9.17, 15) is 18.0 Å². The number of pyridine rings is 2. The fraction of sp³-hybridized carbons (Fsp3) is 0.0385. The molecule has 5 aromatic rings. The first-order chi connectivity index (χ1) is 18.7. The van der Waals surface area contributed by atoms with Gasteiger partial charge < -0.3 is 10.6 Å². The van der Waals surface area contributed by atoms with Crippen molar-refractivity contribution in [3.63, 3.8) is 0 Å². The number of hydrogen-bond acceptors (Lipinski definition) is 7. The Morgan fingerprint density at radius 3 is 2.41 bits per heavy atom. The molecule has 3 aromatic heterocycles. The highest BCUT2D eigenvalue weighted by atomic mass is 35.5. The third-order valence-corrected chi connectivity index (χ3v) is 8.86. The molecule has 0 aliphatic carbocycles. The molecule has 0 spiro atoms. The number of nitrogens with one attached hydrogen (secondary N) is 3. The number of rotatable bonds is 6. The average Bonchev–Trinajstić information content (AvgIpc) is 3.37. The van der Waals surface area contributed by atoms with Crippen molar-refractivity contribution < 1.29 is 17.6 Å². The zero-order valence-corrected chi connectivity index (χ0v) is 22.5. The fourth-order valence-electron chi connectivity index (χ4n) is 3.99. The van der Waals surface area contributed by atoms with Gasteiger partial charge in [-0.2, -0.15) is 0 Å². The number of benzene rings is 2. The molecule has 3 N–H and O–H groups in total. The summed E-state index contributed by atoms with van der Waals surface area (Å²) in [4.78, 5) is 29.8. The van der Waals surface area contributed by atoms with Crippen LogP contribution in [0.15, 0.2) is 88.3 Å². The average molecular weight is 584 g/mol. The van der Waals surface area contributed by atoms with Crippen LogP contribution < -0.4 is 20.9 Å². The molecule has 39 heavy (non-hydrogen) atoms. The Balaban J connectivity index is 1.50. The van der Waals surface area contributed by atoms with Crippen LogP contribution in [0, 0.1) is 5.82 Å². The predicted octanol–water partition coefficient (Wildman–Crippen LogP) is 5.46. The normalized spacial score (nSPS) is 11.4.